The maximum absolute atomic E-state index is 11.8. The zero-order valence-corrected chi connectivity index (χ0v) is 12.1. The Balaban J connectivity index is 2.60. The smallest absolute Gasteiger partial charge is 0.324 e. The van der Waals surface area contributed by atoms with E-state index in [0.717, 1.165) is 13.2 Å². The summed E-state index contributed by atoms with van der Waals surface area (Å²) in [6.45, 7) is 10.5. The molecule has 0 aromatic rings. The Morgan fingerprint density at radius 1 is 1.50 bits per heavy atom. The first kappa shape index (κ1) is 15.4. The van der Waals surface area contributed by atoms with Crippen LogP contribution in [0.25, 0.3) is 0 Å². The lowest BCUT2D eigenvalue weighted by Gasteiger charge is -2.38. The normalized spacial score (nSPS) is 27.2. The molecule has 0 aromatic carbocycles. The highest BCUT2D eigenvalue weighted by Crippen LogP contribution is 2.12. The van der Waals surface area contributed by atoms with E-state index in [2.05, 4.69) is 24.1 Å². The summed E-state index contributed by atoms with van der Waals surface area (Å²) >= 11 is 0. The molecular weight excluding hydrogens is 232 g/mol. The first-order valence-electron chi connectivity index (χ1n) is 6.63. The lowest BCUT2D eigenvalue weighted by Crippen LogP contribution is -2.55. The van der Waals surface area contributed by atoms with Crippen LogP contribution < -0.4 is 5.32 Å². The third-order valence-electron chi connectivity index (χ3n) is 3.17. The zero-order chi connectivity index (χ0) is 13.7. The summed E-state index contributed by atoms with van der Waals surface area (Å²) in [5, 5.41) is 3.26. The molecular formula is C13H26N2O3. The summed E-state index contributed by atoms with van der Waals surface area (Å²) in [7, 11) is 1.43. The van der Waals surface area contributed by atoms with E-state index in [0.29, 0.717) is 12.6 Å². The molecule has 5 nitrogen and oxygen atoms in total. The van der Waals surface area contributed by atoms with Crippen LogP contribution in [-0.4, -0.2) is 61.9 Å². The molecule has 3 unspecified atom stereocenters. The van der Waals surface area contributed by atoms with Gasteiger partial charge in [0.25, 0.3) is 0 Å². The summed E-state index contributed by atoms with van der Waals surface area (Å²) in [4.78, 5) is 14.0. The van der Waals surface area contributed by atoms with Gasteiger partial charge in [-0.2, -0.15) is 0 Å². The van der Waals surface area contributed by atoms with Crippen LogP contribution in [0.3, 0.4) is 0 Å². The van der Waals surface area contributed by atoms with E-state index in [-0.39, 0.29) is 24.2 Å². The van der Waals surface area contributed by atoms with Gasteiger partial charge in [-0.1, -0.05) is 13.8 Å². The molecule has 1 saturated heterocycles. The van der Waals surface area contributed by atoms with Crippen molar-refractivity contribution >= 4 is 5.97 Å². The fourth-order valence-electron chi connectivity index (χ4n) is 2.20. The van der Waals surface area contributed by atoms with Gasteiger partial charge in [-0.05, 0) is 13.8 Å². The van der Waals surface area contributed by atoms with Gasteiger partial charge in [0, 0.05) is 25.2 Å². The Kier molecular flexibility index (Phi) is 6.05. The second-order valence-corrected chi connectivity index (χ2v) is 5.34. The fourth-order valence-corrected chi connectivity index (χ4v) is 2.20. The number of nitrogens with one attached hydrogen (secondary N) is 1. The largest absolute Gasteiger partial charge is 0.468 e. The average Bonchev–Trinajstić information content (AvgIpc) is 2.31. The maximum atomic E-state index is 11.8. The Bertz CT molecular complexity index is 271. The predicted molar refractivity (Wildman–Crippen MR) is 70.5 cm³/mol. The molecule has 0 aromatic heterocycles. The van der Waals surface area contributed by atoms with Gasteiger partial charge >= 0.3 is 5.97 Å². The van der Waals surface area contributed by atoms with Crippen molar-refractivity contribution in [3.8, 4) is 0 Å². The minimum Gasteiger partial charge on any atom is -0.468 e. The van der Waals surface area contributed by atoms with Crippen LogP contribution in [0.15, 0.2) is 0 Å². The van der Waals surface area contributed by atoms with Gasteiger partial charge in [0.05, 0.1) is 19.8 Å². The molecule has 18 heavy (non-hydrogen) atoms. The zero-order valence-electron chi connectivity index (χ0n) is 12.1. The summed E-state index contributed by atoms with van der Waals surface area (Å²) < 4.78 is 10.4. The van der Waals surface area contributed by atoms with Crippen molar-refractivity contribution < 1.29 is 14.3 Å². The number of methoxy groups -OCH3 is 1. The summed E-state index contributed by atoms with van der Waals surface area (Å²) in [5.74, 6) is -0.199. The Morgan fingerprint density at radius 2 is 2.17 bits per heavy atom. The number of ether oxygens (including phenoxy) is 2. The molecule has 0 bridgehead atoms. The number of esters is 1. The molecule has 0 aliphatic carbocycles. The van der Waals surface area contributed by atoms with Gasteiger partial charge in [0.1, 0.15) is 6.04 Å². The van der Waals surface area contributed by atoms with Gasteiger partial charge in [0.2, 0.25) is 0 Å². The Hall–Kier alpha value is -0.650. The second-order valence-electron chi connectivity index (χ2n) is 5.34. The quantitative estimate of drug-likeness (QED) is 0.733. The van der Waals surface area contributed by atoms with Crippen LogP contribution in [0, 0.1) is 0 Å². The van der Waals surface area contributed by atoms with Crippen molar-refractivity contribution in [2.24, 2.45) is 0 Å². The van der Waals surface area contributed by atoms with Crippen LogP contribution >= 0.6 is 0 Å². The number of hydrogen-bond acceptors (Lipinski definition) is 5. The van der Waals surface area contributed by atoms with E-state index in [1.807, 2.05) is 13.8 Å². The number of carbonyl (C=O) groups excluding carboxylic acids is 1. The monoisotopic (exact) mass is 258 g/mol. The molecule has 0 spiro atoms. The van der Waals surface area contributed by atoms with Gasteiger partial charge in [-0.25, -0.2) is 0 Å². The summed E-state index contributed by atoms with van der Waals surface area (Å²) in [6, 6.07) is 0.313. The minimum atomic E-state index is -0.275. The van der Waals surface area contributed by atoms with Crippen LogP contribution in [0.4, 0.5) is 0 Å². The molecule has 0 radical (unpaired) electrons. The van der Waals surface area contributed by atoms with E-state index >= 15 is 0 Å². The first-order valence-corrected chi connectivity index (χ1v) is 6.63. The van der Waals surface area contributed by atoms with Crippen LogP contribution in [0.5, 0.6) is 0 Å². The molecule has 1 aliphatic heterocycles. The van der Waals surface area contributed by atoms with Crippen LogP contribution in [-0.2, 0) is 14.3 Å². The number of hydrogen-bond donors (Lipinski definition) is 1. The first-order chi connectivity index (χ1) is 8.43. The molecule has 106 valence electrons. The molecule has 0 amide bonds. The predicted octanol–water partition coefficient (Wildman–Crippen LogP) is 0.635. The SMILES string of the molecule is COC(=O)C(CN1CC(C)OCC1C)NC(C)C. The molecule has 5 heteroatoms. The molecule has 1 heterocycles. The van der Waals surface area contributed by atoms with E-state index in [4.69, 9.17) is 9.47 Å². The number of morpholine rings is 1. The van der Waals surface area contributed by atoms with Crippen molar-refractivity contribution in [1.29, 1.82) is 0 Å². The van der Waals surface area contributed by atoms with E-state index in [1.165, 1.54) is 7.11 Å². The fraction of sp³-hybridized carbons (Fsp3) is 0.923. The molecule has 1 N–H and O–H groups in total. The molecule has 0 saturated carbocycles. The van der Waals surface area contributed by atoms with Crippen molar-refractivity contribution in [2.75, 3.05) is 26.8 Å². The second kappa shape index (κ2) is 7.07. The third kappa shape index (κ3) is 4.55. The van der Waals surface area contributed by atoms with Gasteiger partial charge in [-0.15, -0.1) is 0 Å². The van der Waals surface area contributed by atoms with Crippen molar-refractivity contribution in [3.63, 3.8) is 0 Å². The summed E-state index contributed by atoms with van der Waals surface area (Å²) in [5.41, 5.74) is 0. The lowest BCUT2D eigenvalue weighted by molar-refractivity contribution is -0.145. The molecule has 1 rings (SSSR count). The lowest BCUT2D eigenvalue weighted by atomic mass is 10.1. The van der Waals surface area contributed by atoms with E-state index in [9.17, 15) is 4.79 Å². The van der Waals surface area contributed by atoms with E-state index < -0.39 is 0 Å². The maximum Gasteiger partial charge on any atom is 0.324 e. The molecule has 1 fully saturated rings. The highest BCUT2D eigenvalue weighted by molar-refractivity contribution is 5.76. The van der Waals surface area contributed by atoms with Crippen LogP contribution in [0.1, 0.15) is 27.7 Å². The number of nitrogens with zero attached hydrogens (tertiary/aromatic N) is 1. The van der Waals surface area contributed by atoms with Gasteiger partial charge < -0.3 is 14.8 Å². The molecule has 1 aliphatic rings. The highest BCUT2D eigenvalue weighted by atomic mass is 16.5. The average molecular weight is 258 g/mol. The van der Waals surface area contributed by atoms with Crippen molar-refractivity contribution in [1.82, 2.24) is 10.2 Å². The third-order valence-corrected chi connectivity index (χ3v) is 3.17. The topological polar surface area (TPSA) is 50.8 Å². The molecule has 3 atom stereocenters. The standard InChI is InChI=1S/C13H26N2O3/c1-9(2)14-12(13(16)17-5)7-15-6-11(4)18-8-10(15)3/h9-12,14H,6-8H2,1-5H3. The summed E-state index contributed by atoms with van der Waals surface area (Å²) in [6.07, 6.45) is 0.221. The Morgan fingerprint density at radius 3 is 2.72 bits per heavy atom. The van der Waals surface area contributed by atoms with Crippen molar-refractivity contribution in [3.05, 3.63) is 0 Å². The van der Waals surface area contributed by atoms with Gasteiger partial charge in [-0.3, -0.25) is 9.69 Å². The highest BCUT2D eigenvalue weighted by Gasteiger charge is 2.29. The number of carbonyl (C=O) groups is 1. The van der Waals surface area contributed by atoms with Crippen LogP contribution in [0.2, 0.25) is 0 Å². The van der Waals surface area contributed by atoms with E-state index in [1.54, 1.807) is 0 Å². The minimum absolute atomic E-state index is 0.199. The van der Waals surface area contributed by atoms with Gasteiger partial charge in [0.15, 0.2) is 0 Å². The Labute approximate surface area is 110 Å². The van der Waals surface area contributed by atoms with Crippen molar-refractivity contribution in [2.45, 2.75) is 51.9 Å². The number of rotatable bonds is 5.